The van der Waals surface area contributed by atoms with Crippen LogP contribution in [0.5, 0.6) is 11.5 Å². The van der Waals surface area contributed by atoms with E-state index in [0.717, 1.165) is 5.56 Å². The highest BCUT2D eigenvalue weighted by Gasteiger charge is 2.46. The van der Waals surface area contributed by atoms with Gasteiger partial charge in [0.2, 0.25) is 10.0 Å². The van der Waals surface area contributed by atoms with Crippen LogP contribution in [0.25, 0.3) is 0 Å². The predicted octanol–water partition coefficient (Wildman–Crippen LogP) is 4.02. The highest BCUT2D eigenvalue weighted by molar-refractivity contribution is 7.89. The molecule has 2 atom stereocenters. The van der Waals surface area contributed by atoms with Gasteiger partial charge in [-0.2, -0.15) is 5.06 Å². The molecule has 2 saturated heterocycles. The molecule has 0 bridgehead atoms. The molecule has 0 aliphatic carbocycles. The first-order chi connectivity index (χ1) is 16.3. The van der Waals surface area contributed by atoms with Gasteiger partial charge in [-0.05, 0) is 61.7 Å². The molecule has 0 saturated carbocycles. The highest BCUT2D eigenvalue weighted by atomic mass is 35.5. The van der Waals surface area contributed by atoms with Crippen LogP contribution in [0.3, 0.4) is 0 Å². The van der Waals surface area contributed by atoms with Crippen molar-refractivity contribution in [1.29, 1.82) is 0 Å². The summed E-state index contributed by atoms with van der Waals surface area (Å²) in [4.78, 5) is 17.7. The number of nitrogens with zero attached hydrogens (tertiary/aromatic N) is 2. The molecule has 8 nitrogen and oxygen atoms in total. The number of sulfonamides is 1. The Bertz CT molecular complexity index is 1100. The van der Waals surface area contributed by atoms with Gasteiger partial charge in [0.15, 0.2) is 0 Å². The first-order valence-corrected chi connectivity index (χ1v) is 13.2. The maximum absolute atomic E-state index is 13.6. The summed E-state index contributed by atoms with van der Waals surface area (Å²) >= 11 is 5.94. The maximum atomic E-state index is 13.6. The van der Waals surface area contributed by atoms with Gasteiger partial charge in [0.1, 0.15) is 16.7 Å². The standard InChI is InChI=1S/C24H29ClN2O6S/c1-3-31-24(28)17-11-13-27(14-12-17)34(29,30)22-16-32-26(2)23(22)18-5-4-6-21(15-18)33-20-9-7-19(25)8-10-20/h4-10,15,17,22-23H,3,11-14,16H2,1-2H3/t22-,23+/m1/s1. The molecule has 0 spiro atoms. The van der Waals surface area contributed by atoms with Crippen LogP contribution in [0.1, 0.15) is 31.4 Å². The number of piperidine rings is 1. The maximum Gasteiger partial charge on any atom is 0.309 e. The normalized spacial score (nSPS) is 22.6. The first-order valence-electron chi connectivity index (χ1n) is 11.3. The minimum atomic E-state index is -3.67. The van der Waals surface area contributed by atoms with E-state index in [2.05, 4.69) is 0 Å². The van der Waals surface area contributed by atoms with Gasteiger partial charge in [-0.3, -0.25) is 9.63 Å². The van der Waals surface area contributed by atoms with Crippen molar-refractivity contribution in [2.45, 2.75) is 31.1 Å². The summed E-state index contributed by atoms with van der Waals surface area (Å²) < 4.78 is 39.7. The van der Waals surface area contributed by atoms with E-state index in [1.807, 2.05) is 24.3 Å². The largest absolute Gasteiger partial charge is 0.466 e. The Labute approximate surface area is 205 Å². The Morgan fingerprint density at radius 3 is 2.50 bits per heavy atom. The van der Waals surface area contributed by atoms with Crippen molar-refractivity contribution in [3.63, 3.8) is 0 Å². The Hall–Kier alpha value is -2.17. The third-order valence-corrected chi connectivity index (χ3v) is 8.75. The van der Waals surface area contributed by atoms with E-state index in [1.54, 1.807) is 43.3 Å². The van der Waals surface area contributed by atoms with Gasteiger partial charge in [0.05, 0.1) is 25.2 Å². The van der Waals surface area contributed by atoms with Crippen molar-refractivity contribution in [3.8, 4) is 11.5 Å². The van der Waals surface area contributed by atoms with Crippen LogP contribution in [0.15, 0.2) is 48.5 Å². The lowest BCUT2D eigenvalue weighted by Gasteiger charge is -2.33. The number of ether oxygens (including phenoxy) is 2. The van der Waals surface area contributed by atoms with Crippen LogP contribution in [0.4, 0.5) is 0 Å². The molecule has 2 heterocycles. The molecule has 2 aromatic rings. The molecule has 34 heavy (non-hydrogen) atoms. The predicted molar refractivity (Wildman–Crippen MR) is 128 cm³/mol. The highest BCUT2D eigenvalue weighted by Crippen LogP contribution is 2.37. The number of carbonyl (C=O) groups is 1. The summed E-state index contributed by atoms with van der Waals surface area (Å²) in [5.41, 5.74) is 0.779. The van der Waals surface area contributed by atoms with Crippen LogP contribution >= 0.6 is 11.6 Å². The molecule has 2 aromatic carbocycles. The second-order valence-electron chi connectivity index (χ2n) is 8.42. The molecule has 10 heteroatoms. The number of halogens is 1. The molecular weight excluding hydrogens is 480 g/mol. The summed E-state index contributed by atoms with van der Waals surface area (Å²) in [6.45, 7) is 2.73. The molecule has 0 amide bonds. The van der Waals surface area contributed by atoms with Crippen LogP contribution in [-0.2, 0) is 24.4 Å². The molecule has 4 rings (SSSR count). The van der Waals surface area contributed by atoms with E-state index in [0.29, 0.717) is 49.1 Å². The van der Waals surface area contributed by atoms with Gasteiger partial charge in [-0.1, -0.05) is 23.7 Å². The minimum Gasteiger partial charge on any atom is -0.466 e. The Kier molecular flexibility index (Phi) is 7.79. The molecule has 2 aliphatic rings. The van der Waals surface area contributed by atoms with Crippen LogP contribution < -0.4 is 4.74 Å². The van der Waals surface area contributed by atoms with Crippen molar-refractivity contribution in [3.05, 3.63) is 59.1 Å². The average Bonchev–Trinajstić information content (AvgIpc) is 3.23. The quantitative estimate of drug-likeness (QED) is 0.522. The van der Waals surface area contributed by atoms with Gasteiger partial charge in [-0.15, -0.1) is 0 Å². The molecule has 0 unspecified atom stereocenters. The van der Waals surface area contributed by atoms with Crippen molar-refractivity contribution in [1.82, 2.24) is 9.37 Å². The molecular formula is C24H29ClN2O6S. The van der Waals surface area contributed by atoms with E-state index in [1.165, 1.54) is 4.31 Å². The lowest BCUT2D eigenvalue weighted by Crippen LogP contribution is -2.46. The number of rotatable bonds is 7. The zero-order valence-electron chi connectivity index (χ0n) is 19.2. The summed E-state index contributed by atoms with van der Waals surface area (Å²) in [6, 6.07) is 13.9. The first kappa shape index (κ1) is 24.9. The van der Waals surface area contributed by atoms with Gasteiger partial charge in [0, 0.05) is 25.2 Å². The molecule has 2 fully saturated rings. The zero-order valence-corrected chi connectivity index (χ0v) is 20.8. The summed E-state index contributed by atoms with van der Waals surface area (Å²) in [5.74, 6) is 0.711. The Morgan fingerprint density at radius 1 is 1.12 bits per heavy atom. The molecule has 2 aliphatic heterocycles. The SMILES string of the molecule is CCOC(=O)C1CCN(S(=O)(=O)[C@@H]2CON(C)[C@H]2c2cccc(Oc3ccc(Cl)cc3)c2)CC1. The fourth-order valence-corrected chi connectivity index (χ4v) is 6.58. The minimum absolute atomic E-state index is 0.0591. The van der Waals surface area contributed by atoms with Crippen LogP contribution in [0, 0.1) is 5.92 Å². The second-order valence-corrected chi connectivity index (χ2v) is 11.0. The number of hydrogen-bond donors (Lipinski definition) is 0. The number of esters is 1. The number of benzene rings is 2. The Balaban J connectivity index is 1.50. The van der Waals surface area contributed by atoms with E-state index >= 15 is 0 Å². The zero-order chi connectivity index (χ0) is 24.3. The lowest BCUT2D eigenvalue weighted by atomic mass is 9.98. The van der Waals surface area contributed by atoms with Crippen LogP contribution in [-0.4, -0.2) is 62.4 Å². The smallest absolute Gasteiger partial charge is 0.309 e. The van der Waals surface area contributed by atoms with E-state index in [9.17, 15) is 13.2 Å². The van der Waals surface area contributed by atoms with Crippen LogP contribution in [0.2, 0.25) is 5.02 Å². The average molecular weight is 509 g/mol. The van der Waals surface area contributed by atoms with Gasteiger partial charge in [0.25, 0.3) is 0 Å². The van der Waals surface area contributed by atoms with E-state index < -0.39 is 21.3 Å². The third-order valence-electron chi connectivity index (χ3n) is 6.25. The summed E-state index contributed by atoms with van der Waals surface area (Å²) in [6.07, 6.45) is 0.910. The summed E-state index contributed by atoms with van der Waals surface area (Å²) in [7, 11) is -1.93. The number of hydrogen-bond acceptors (Lipinski definition) is 7. The molecule has 0 radical (unpaired) electrons. The van der Waals surface area contributed by atoms with Crippen molar-refractivity contribution < 1.29 is 27.5 Å². The number of hydroxylamine groups is 2. The molecule has 0 N–H and O–H groups in total. The fraction of sp³-hybridized carbons (Fsp3) is 0.458. The van der Waals surface area contributed by atoms with E-state index in [4.69, 9.17) is 25.9 Å². The molecule has 0 aromatic heterocycles. The van der Waals surface area contributed by atoms with Crippen molar-refractivity contribution in [2.75, 3.05) is 33.4 Å². The number of carbonyl (C=O) groups excluding carboxylic acids is 1. The summed E-state index contributed by atoms with van der Waals surface area (Å²) in [5, 5.41) is 1.43. The van der Waals surface area contributed by atoms with Gasteiger partial charge >= 0.3 is 5.97 Å². The topological polar surface area (TPSA) is 85.4 Å². The Morgan fingerprint density at radius 2 is 1.82 bits per heavy atom. The van der Waals surface area contributed by atoms with Crippen molar-refractivity contribution in [2.24, 2.45) is 5.92 Å². The second kappa shape index (κ2) is 10.6. The van der Waals surface area contributed by atoms with Gasteiger partial charge < -0.3 is 9.47 Å². The monoisotopic (exact) mass is 508 g/mol. The lowest BCUT2D eigenvalue weighted by molar-refractivity contribution is -0.149. The van der Waals surface area contributed by atoms with Crippen molar-refractivity contribution >= 4 is 27.6 Å². The molecule has 184 valence electrons. The van der Waals surface area contributed by atoms with E-state index in [-0.39, 0.29) is 18.5 Å². The van der Waals surface area contributed by atoms with Gasteiger partial charge in [-0.25, -0.2) is 12.7 Å². The third kappa shape index (κ3) is 5.39. The fourth-order valence-electron chi connectivity index (χ4n) is 4.47.